The quantitative estimate of drug-likeness (QED) is 0.313. The lowest BCUT2D eigenvalue weighted by Crippen LogP contribution is -2.23. The second-order valence-corrected chi connectivity index (χ2v) is 8.48. The summed E-state index contributed by atoms with van der Waals surface area (Å²) >= 11 is 0. The van der Waals surface area contributed by atoms with E-state index >= 15 is 0 Å². The van der Waals surface area contributed by atoms with E-state index in [2.05, 4.69) is 15.3 Å². The van der Waals surface area contributed by atoms with E-state index in [0.29, 0.717) is 11.3 Å². The van der Waals surface area contributed by atoms with Crippen molar-refractivity contribution in [2.24, 2.45) is 7.05 Å². The molecule has 194 valence electrons. The molecule has 0 aliphatic heterocycles. The Morgan fingerprint density at radius 1 is 1.14 bits per heavy atom. The molecule has 1 aromatic carbocycles. The highest BCUT2D eigenvalue weighted by atomic mass is 19.4. The van der Waals surface area contributed by atoms with E-state index in [1.54, 1.807) is 0 Å². The molecule has 1 amide bonds. The number of rotatable bonds is 7. The molecule has 0 spiro atoms. The van der Waals surface area contributed by atoms with Crippen LogP contribution >= 0.6 is 0 Å². The average molecular weight is 522 g/mol. The van der Waals surface area contributed by atoms with Gasteiger partial charge in [-0.2, -0.15) is 13.2 Å². The van der Waals surface area contributed by atoms with E-state index in [1.807, 2.05) is 0 Å². The molecule has 0 saturated heterocycles. The van der Waals surface area contributed by atoms with Crippen LogP contribution in [0.15, 0.2) is 59.7 Å². The van der Waals surface area contributed by atoms with Gasteiger partial charge >= 0.3 is 6.18 Å². The zero-order valence-corrected chi connectivity index (χ0v) is 19.2. The number of anilines is 1. The lowest BCUT2D eigenvalue weighted by molar-refractivity contribution is -0.127. The zero-order valence-electron chi connectivity index (χ0n) is 19.2. The van der Waals surface area contributed by atoms with Crippen LogP contribution in [0.25, 0.3) is 22.2 Å². The maximum Gasteiger partial charge on any atom is 0.393 e. The van der Waals surface area contributed by atoms with Crippen LogP contribution in [0.1, 0.15) is 23.5 Å². The van der Waals surface area contributed by atoms with Crippen molar-refractivity contribution < 1.29 is 31.1 Å². The minimum Gasteiger partial charge on any atom is -0.354 e. The number of H-pyrrole nitrogens is 1. The fraction of sp³-hybridized carbons (Fsp3) is 0.240. The summed E-state index contributed by atoms with van der Waals surface area (Å²) in [6.07, 6.45) is -6.92. The summed E-state index contributed by atoms with van der Waals surface area (Å²) < 4.78 is 79.9. The van der Waals surface area contributed by atoms with Crippen LogP contribution < -0.4 is 10.9 Å². The number of carbonyl (C=O) groups is 1. The average Bonchev–Trinajstić information content (AvgIpc) is 3.27. The smallest absolute Gasteiger partial charge is 0.354 e. The summed E-state index contributed by atoms with van der Waals surface area (Å²) in [5.41, 5.74) is 0.286. The zero-order chi connectivity index (χ0) is 26.9. The van der Waals surface area contributed by atoms with Crippen LogP contribution in [0, 0.1) is 5.82 Å². The molecule has 2 N–H and O–H groups in total. The van der Waals surface area contributed by atoms with Gasteiger partial charge in [0.25, 0.3) is 5.56 Å². The summed E-state index contributed by atoms with van der Waals surface area (Å²) in [6, 6.07) is 8.91. The molecule has 0 aliphatic rings. The van der Waals surface area contributed by atoms with E-state index in [1.165, 1.54) is 43.6 Å². The Balaban J connectivity index is 1.66. The molecule has 12 heteroatoms. The van der Waals surface area contributed by atoms with Gasteiger partial charge in [-0.15, -0.1) is 0 Å². The van der Waals surface area contributed by atoms with Gasteiger partial charge < -0.3 is 14.9 Å². The standard InChI is InChI=1S/C25H20F6N4O2/c1-35-12-15(11-25(29,30)31)22-18(24(35)37)9-19(33-22)14-6-7-32-21(8-14)34-23(36)17(10-20(27)28)13-2-4-16(26)5-3-13/h2-9,12,17,20,33H,10-11H2,1H3,(H,32,34,36). The van der Waals surface area contributed by atoms with Gasteiger partial charge in [0.1, 0.15) is 11.6 Å². The minimum atomic E-state index is -4.50. The normalized spacial score (nSPS) is 12.8. The lowest BCUT2D eigenvalue weighted by Gasteiger charge is -2.17. The Bertz CT molecular complexity index is 1490. The van der Waals surface area contributed by atoms with E-state index in [-0.39, 0.29) is 27.8 Å². The molecule has 0 saturated carbocycles. The number of alkyl halides is 5. The first-order valence-electron chi connectivity index (χ1n) is 11.0. The summed E-state index contributed by atoms with van der Waals surface area (Å²) in [4.78, 5) is 32.2. The maximum absolute atomic E-state index is 13.3. The molecule has 1 unspecified atom stereocenters. The third-order valence-electron chi connectivity index (χ3n) is 5.75. The third kappa shape index (κ3) is 6.01. The Morgan fingerprint density at radius 2 is 1.84 bits per heavy atom. The molecule has 0 fully saturated rings. The van der Waals surface area contributed by atoms with Gasteiger partial charge in [-0.3, -0.25) is 9.59 Å². The minimum absolute atomic E-state index is 0.00838. The lowest BCUT2D eigenvalue weighted by atomic mass is 9.95. The predicted octanol–water partition coefficient (Wildman–Crippen LogP) is 5.55. The first-order chi connectivity index (χ1) is 17.4. The highest BCUT2D eigenvalue weighted by molar-refractivity contribution is 5.96. The van der Waals surface area contributed by atoms with E-state index in [0.717, 1.165) is 22.9 Å². The van der Waals surface area contributed by atoms with E-state index in [9.17, 15) is 35.9 Å². The highest BCUT2D eigenvalue weighted by Gasteiger charge is 2.30. The number of amides is 1. The molecule has 4 rings (SSSR count). The molecule has 3 heterocycles. The molecular weight excluding hydrogens is 502 g/mol. The second kappa shape index (κ2) is 10.1. The number of hydrogen-bond donors (Lipinski definition) is 2. The van der Waals surface area contributed by atoms with Gasteiger partial charge in [-0.25, -0.2) is 18.2 Å². The van der Waals surface area contributed by atoms with E-state index in [4.69, 9.17) is 0 Å². The van der Waals surface area contributed by atoms with Gasteiger partial charge in [0.15, 0.2) is 0 Å². The van der Waals surface area contributed by atoms with Crippen LogP contribution in [0.2, 0.25) is 0 Å². The summed E-state index contributed by atoms with van der Waals surface area (Å²) in [6.45, 7) is 0. The molecule has 0 bridgehead atoms. The number of carbonyl (C=O) groups excluding carboxylic acids is 1. The SMILES string of the molecule is Cn1cc(CC(F)(F)F)c2[nH]c(-c3ccnc(NC(=O)C(CC(F)F)c4ccc(F)cc4)c3)cc2c1=O. The number of aromatic amines is 1. The maximum atomic E-state index is 13.3. The van der Waals surface area contributed by atoms with Crippen LogP contribution in [0.3, 0.4) is 0 Å². The molecule has 0 radical (unpaired) electrons. The molecule has 37 heavy (non-hydrogen) atoms. The number of hydrogen-bond acceptors (Lipinski definition) is 3. The number of halogens is 6. The number of benzene rings is 1. The van der Waals surface area contributed by atoms with Crippen molar-refractivity contribution in [3.05, 3.63) is 82.2 Å². The van der Waals surface area contributed by atoms with Crippen molar-refractivity contribution in [2.75, 3.05) is 5.32 Å². The third-order valence-corrected chi connectivity index (χ3v) is 5.75. The summed E-state index contributed by atoms with van der Waals surface area (Å²) in [7, 11) is 1.35. The second-order valence-electron chi connectivity index (χ2n) is 8.48. The Hall–Kier alpha value is -4.09. The largest absolute Gasteiger partial charge is 0.393 e. The van der Waals surface area contributed by atoms with Gasteiger partial charge in [0.2, 0.25) is 12.3 Å². The van der Waals surface area contributed by atoms with Gasteiger partial charge in [0, 0.05) is 42.7 Å². The van der Waals surface area contributed by atoms with Gasteiger partial charge in [-0.05, 0) is 35.9 Å². The molecule has 1 atom stereocenters. The van der Waals surface area contributed by atoms with Crippen molar-refractivity contribution in [2.45, 2.75) is 31.4 Å². The fourth-order valence-electron chi connectivity index (χ4n) is 4.08. The van der Waals surface area contributed by atoms with Crippen molar-refractivity contribution in [1.29, 1.82) is 0 Å². The monoisotopic (exact) mass is 522 g/mol. The van der Waals surface area contributed by atoms with Crippen molar-refractivity contribution in [3.63, 3.8) is 0 Å². The number of aromatic nitrogens is 3. The first-order valence-corrected chi connectivity index (χ1v) is 11.0. The first kappa shape index (κ1) is 26.0. The van der Waals surface area contributed by atoms with Crippen LogP contribution in [0.5, 0.6) is 0 Å². The topological polar surface area (TPSA) is 79.8 Å². The molecule has 6 nitrogen and oxygen atoms in total. The summed E-state index contributed by atoms with van der Waals surface area (Å²) in [5.74, 6) is -2.67. The van der Waals surface area contributed by atoms with Crippen LogP contribution in [-0.4, -0.2) is 33.0 Å². The highest BCUT2D eigenvalue weighted by Crippen LogP contribution is 2.30. The number of pyridine rings is 2. The number of fused-ring (bicyclic) bond motifs is 1. The van der Waals surface area contributed by atoms with Crippen LogP contribution in [0.4, 0.5) is 32.2 Å². The Morgan fingerprint density at radius 3 is 2.49 bits per heavy atom. The van der Waals surface area contributed by atoms with Gasteiger partial charge in [0.05, 0.1) is 23.2 Å². The Kier molecular flexibility index (Phi) is 7.10. The number of nitrogens with zero attached hydrogens (tertiary/aromatic N) is 2. The molecule has 0 aliphatic carbocycles. The Labute approximate surface area is 206 Å². The number of aryl methyl sites for hydroxylation is 1. The van der Waals surface area contributed by atoms with Crippen molar-refractivity contribution >= 4 is 22.6 Å². The predicted molar refractivity (Wildman–Crippen MR) is 125 cm³/mol. The van der Waals surface area contributed by atoms with Crippen molar-refractivity contribution in [1.82, 2.24) is 14.5 Å². The van der Waals surface area contributed by atoms with Crippen molar-refractivity contribution in [3.8, 4) is 11.3 Å². The molecule has 4 aromatic rings. The fourth-order valence-corrected chi connectivity index (χ4v) is 4.08. The molecular formula is C25H20F6N4O2. The molecule has 3 aromatic heterocycles. The van der Waals surface area contributed by atoms with Gasteiger partial charge in [-0.1, -0.05) is 12.1 Å². The van der Waals surface area contributed by atoms with E-state index < -0.39 is 48.6 Å². The number of nitrogens with one attached hydrogen (secondary N) is 2. The van der Waals surface area contributed by atoms with Crippen LogP contribution in [-0.2, 0) is 18.3 Å². The summed E-state index contributed by atoms with van der Waals surface area (Å²) in [5, 5.41) is 2.51.